The number of carbonyl (C=O) groups excluding carboxylic acids is 2. The van der Waals surface area contributed by atoms with Gasteiger partial charge in [0.05, 0.1) is 18.4 Å². The van der Waals surface area contributed by atoms with Crippen molar-refractivity contribution in [3.05, 3.63) is 64.3 Å². The van der Waals surface area contributed by atoms with Gasteiger partial charge in [-0.25, -0.2) is 4.79 Å². The van der Waals surface area contributed by atoms with Crippen LogP contribution in [0.5, 0.6) is 5.75 Å². The van der Waals surface area contributed by atoms with Crippen LogP contribution in [0.4, 0.5) is 5.00 Å². The largest absolute Gasteiger partial charge is 0.483 e. The van der Waals surface area contributed by atoms with Crippen molar-refractivity contribution in [1.29, 1.82) is 0 Å². The SMILES string of the molecule is C=CCn1c(SCC(=O)Nc2sc3c(c2C(=O)OC)CCC(C)C3)nnc1C(C)Oc1ccc(C)cc1. The maximum Gasteiger partial charge on any atom is 0.341 e. The molecule has 1 aliphatic carbocycles. The van der Waals surface area contributed by atoms with Crippen molar-refractivity contribution < 1.29 is 19.1 Å². The summed E-state index contributed by atoms with van der Waals surface area (Å²) >= 11 is 2.75. The Hall–Kier alpha value is -3.11. The number of aryl methyl sites for hydroxylation is 1. The van der Waals surface area contributed by atoms with Crippen LogP contribution in [0.2, 0.25) is 0 Å². The van der Waals surface area contributed by atoms with Gasteiger partial charge < -0.3 is 14.8 Å². The Kier molecular flexibility index (Phi) is 8.71. The summed E-state index contributed by atoms with van der Waals surface area (Å²) in [6.45, 7) is 10.5. The Morgan fingerprint density at radius 2 is 2.08 bits per heavy atom. The van der Waals surface area contributed by atoms with Crippen LogP contribution in [0, 0.1) is 12.8 Å². The number of benzene rings is 1. The molecule has 0 spiro atoms. The number of methoxy groups -OCH3 is 1. The molecule has 0 radical (unpaired) electrons. The van der Waals surface area contributed by atoms with Gasteiger partial charge in [0.2, 0.25) is 5.91 Å². The molecule has 2 aromatic heterocycles. The van der Waals surface area contributed by atoms with E-state index in [1.165, 1.54) is 30.2 Å². The fourth-order valence-corrected chi connectivity index (χ4v) is 6.50. The number of carbonyl (C=O) groups is 2. The maximum atomic E-state index is 12.9. The van der Waals surface area contributed by atoms with E-state index in [1.807, 2.05) is 42.7 Å². The number of esters is 1. The molecule has 1 N–H and O–H groups in total. The first-order chi connectivity index (χ1) is 17.8. The third-order valence-electron chi connectivity index (χ3n) is 6.24. The summed E-state index contributed by atoms with van der Waals surface area (Å²) in [7, 11) is 1.37. The number of allylic oxidation sites excluding steroid dienone is 1. The minimum absolute atomic E-state index is 0.113. The molecule has 0 saturated heterocycles. The number of hydrogen-bond acceptors (Lipinski definition) is 8. The lowest BCUT2D eigenvalue weighted by Gasteiger charge is -2.18. The molecular formula is C27H32N4O4S2. The molecule has 1 aromatic carbocycles. The standard InChI is InChI=1S/C27H32N4O4S2/c1-6-13-31-24(18(4)35-19-10-7-16(2)8-11-19)29-30-27(31)36-15-22(32)28-25-23(26(33)34-5)20-12-9-17(3)14-21(20)37-25/h6-8,10-11,17-18H,1,9,12-15H2,2-5H3,(H,28,32). The maximum absolute atomic E-state index is 12.9. The van der Waals surface area contributed by atoms with Crippen LogP contribution >= 0.6 is 23.1 Å². The van der Waals surface area contributed by atoms with E-state index >= 15 is 0 Å². The number of rotatable bonds is 10. The molecule has 196 valence electrons. The van der Waals surface area contributed by atoms with Crippen molar-refractivity contribution in [2.75, 3.05) is 18.2 Å². The lowest BCUT2D eigenvalue weighted by Crippen LogP contribution is -2.17. The fourth-order valence-electron chi connectivity index (χ4n) is 4.33. The van der Waals surface area contributed by atoms with E-state index < -0.39 is 5.97 Å². The van der Waals surface area contributed by atoms with Crippen LogP contribution in [0.3, 0.4) is 0 Å². The van der Waals surface area contributed by atoms with E-state index in [9.17, 15) is 9.59 Å². The molecule has 4 rings (SSSR count). The topological polar surface area (TPSA) is 95.3 Å². The Morgan fingerprint density at radius 3 is 2.78 bits per heavy atom. The van der Waals surface area contributed by atoms with Gasteiger partial charge in [-0.3, -0.25) is 9.36 Å². The summed E-state index contributed by atoms with van der Waals surface area (Å²) in [4.78, 5) is 26.6. The van der Waals surface area contributed by atoms with Crippen LogP contribution in [0.1, 0.15) is 58.6 Å². The number of fused-ring (bicyclic) bond motifs is 1. The number of ether oxygens (including phenoxy) is 2. The van der Waals surface area contributed by atoms with Gasteiger partial charge in [0.15, 0.2) is 17.1 Å². The summed E-state index contributed by atoms with van der Waals surface area (Å²) < 4.78 is 13.0. The average molecular weight is 541 g/mol. The quantitative estimate of drug-likeness (QED) is 0.203. The zero-order chi connectivity index (χ0) is 26.5. The molecule has 10 heteroatoms. The molecule has 2 atom stereocenters. The van der Waals surface area contributed by atoms with Crippen molar-refractivity contribution in [2.24, 2.45) is 5.92 Å². The van der Waals surface area contributed by atoms with Gasteiger partial charge >= 0.3 is 5.97 Å². The second-order valence-electron chi connectivity index (χ2n) is 9.20. The second-order valence-corrected chi connectivity index (χ2v) is 11.2. The Labute approximate surface area is 225 Å². The molecule has 1 aliphatic rings. The third kappa shape index (κ3) is 6.24. The highest BCUT2D eigenvalue weighted by Crippen LogP contribution is 2.40. The molecule has 0 fully saturated rings. The minimum atomic E-state index is -0.409. The van der Waals surface area contributed by atoms with Crippen molar-refractivity contribution in [1.82, 2.24) is 14.8 Å². The van der Waals surface area contributed by atoms with Gasteiger partial charge in [-0.15, -0.1) is 28.1 Å². The van der Waals surface area contributed by atoms with Gasteiger partial charge in [-0.2, -0.15) is 0 Å². The van der Waals surface area contributed by atoms with E-state index in [0.29, 0.717) is 34.0 Å². The predicted octanol–water partition coefficient (Wildman–Crippen LogP) is 5.62. The first-order valence-electron chi connectivity index (χ1n) is 12.2. The summed E-state index contributed by atoms with van der Waals surface area (Å²) in [6.07, 6.45) is 4.16. The zero-order valence-electron chi connectivity index (χ0n) is 21.6. The van der Waals surface area contributed by atoms with E-state index in [1.54, 1.807) is 6.08 Å². The van der Waals surface area contributed by atoms with Gasteiger partial charge in [0.1, 0.15) is 10.8 Å². The number of amides is 1. The number of nitrogens with one attached hydrogen (secondary N) is 1. The van der Waals surface area contributed by atoms with Crippen LogP contribution in [0.15, 0.2) is 42.1 Å². The Morgan fingerprint density at radius 1 is 1.32 bits per heavy atom. The number of nitrogens with zero attached hydrogens (tertiary/aromatic N) is 3. The molecule has 2 heterocycles. The highest BCUT2D eigenvalue weighted by Gasteiger charge is 2.29. The smallest absolute Gasteiger partial charge is 0.341 e. The van der Waals surface area contributed by atoms with E-state index in [4.69, 9.17) is 9.47 Å². The van der Waals surface area contributed by atoms with Crippen LogP contribution < -0.4 is 10.1 Å². The van der Waals surface area contributed by atoms with Crippen LogP contribution in [0.25, 0.3) is 0 Å². The first kappa shape index (κ1) is 26.9. The fraction of sp³-hybridized carbons (Fsp3) is 0.407. The summed E-state index contributed by atoms with van der Waals surface area (Å²) in [5.74, 6) is 1.43. The Bertz CT molecular complexity index is 1280. The number of hydrogen-bond donors (Lipinski definition) is 1. The summed E-state index contributed by atoms with van der Waals surface area (Å²) in [5, 5.41) is 12.7. The molecule has 2 unspecified atom stereocenters. The van der Waals surface area contributed by atoms with Crippen molar-refractivity contribution >= 4 is 40.0 Å². The van der Waals surface area contributed by atoms with Gasteiger partial charge in [0, 0.05) is 11.4 Å². The molecule has 1 amide bonds. The first-order valence-corrected chi connectivity index (χ1v) is 14.0. The van der Waals surface area contributed by atoms with Crippen LogP contribution in [-0.4, -0.2) is 39.5 Å². The average Bonchev–Trinajstić information content (AvgIpc) is 3.44. The second kappa shape index (κ2) is 12.0. The van der Waals surface area contributed by atoms with E-state index in [-0.39, 0.29) is 17.8 Å². The van der Waals surface area contributed by atoms with Crippen molar-refractivity contribution in [2.45, 2.75) is 57.8 Å². The van der Waals surface area contributed by atoms with E-state index in [2.05, 4.69) is 29.0 Å². The number of thiophene rings is 1. The number of thioether (sulfide) groups is 1. The minimum Gasteiger partial charge on any atom is -0.483 e. The highest BCUT2D eigenvalue weighted by molar-refractivity contribution is 7.99. The third-order valence-corrected chi connectivity index (χ3v) is 8.38. The Balaban J connectivity index is 1.45. The molecular weight excluding hydrogens is 508 g/mol. The van der Waals surface area contributed by atoms with Crippen molar-refractivity contribution in [3.8, 4) is 5.75 Å². The number of anilines is 1. The van der Waals surface area contributed by atoms with Crippen molar-refractivity contribution in [3.63, 3.8) is 0 Å². The lowest BCUT2D eigenvalue weighted by molar-refractivity contribution is -0.113. The number of aromatic nitrogens is 3. The molecule has 0 aliphatic heterocycles. The predicted molar refractivity (Wildman–Crippen MR) is 147 cm³/mol. The molecule has 0 saturated carbocycles. The van der Waals surface area contributed by atoms with Gasteiger partial charge in [-0.1, -0.05) is 42.5 Å². The molecule has 8 nitrogen and oxygen atoms in total. The van der Waals surface area contributed by atoms with Gasteiger partial charge in [-0.05, 0) is 56.7 Å². The molecule has 0 bridgehead atoms. The molecule has 37 heavy (non-hydrogen) atoms. The van der Waals surface area contributed by atoms with E-state index in [0.717, 1.165) is 41.0 Å². The molecule has 3 aromatic rings. The monoisotopic (exact) mass is 540 g/mol. The lowest BCUT2D eigenvalue weighted by atomic mass is 9.88. The summed E-state index contributed by atoms with van der Waals surface area (Å²) in [5.41, 5.74) is 2.66. The normalized spacial score (nSPS) is 15.5. The zero-order valence-corrected chi connectivity index (χ0v) is 23.2. The highest BCUT2D eigenvalue weighted by atomic mass is 32.2. The summed E-state index contributed by atoms with van der Waals surface area (Å²) in [6, 6.07) is 7.83. The van der Waals surface area contributed by atoms with Gasteiger partial charge in [0.25, 0.3) is 0 Å². The van der Waals surface area contributed by atoms with Crippen LogP contribution in [-0.2, 0) is 28.9 Å².